The van der Waals surface area contributed by atoms with Crippen molar-refractivity contribution in [1.82, 2.24) is 4.90 Å². The molecule has 2 saturated heterocycles. The molecule has 0 aliphatic carbocycles. The maximum Gasteiger partial charge on any atom is 0.336 e. The molecule has 0 saturated carbocycles. The number of hydrogen-bond acceptors (Lipinski definition) is 4. The Morgan fingerprint density at radius 2 is 2.25 bits per heavy atom. The fourth-order valence-corrected chi connectivity index (χ4v) is 2.03. The molecule has 90 valence electrons. The third-order valence-corrected chi connectivity index (χ3v) is 3.08. The van der Waals surface area contributed by atoms with Crippen molar-refractivity contribution < 1.29 is 19.1 Å². The Morgan fingerprint density at radius 3 is 2.75 bits per heavy atom. The fraction of sp³-hybridized carbons (Fsp3) is 0.818. The van der Waals surface area contributed by atoms with Gasteiger partial charge in [-0.05, 0) is 6.42 Å². The summed E-state index contributed by atoms with van der Waals surface area (Å²) in [6.45, 7) is 5.15. The summed E-state index contributed by atoms with van der Waals surface area (Å²) in [5.74, 6) is -0.221. The first-order valence-electron chi connectivity index (χ1n) is 5.57. The molecule has 0 aromatic carbocycles. The van der Waals surface area contributed by atoms with Crippen LogP contribution in [0.2, 0.25) is 0 Å². The standard InChI is InChI=1S/C11H17NO4/c1-11(2)6-15-10(14)9(11)16-7-12-5-3-4-8(12)13/h9H,3-7H2,1-2H3/t9-/m1/s1. The van der Waals surface area contributed by atoms with Crippen molar-refractivity contribution in [1.29, 1.82) is 0 Å². The lowest BCUT2D eigenvalue weighted by Gasteiger charge is -2.24. The number of amides is 1. The first-order chi connectivity index (χ1) is 7.50. The molecule has 0 aromatic rings. The van der Waals surface area contributed by atoms with E-state index in [1.165, 1.54) is 0 Å². The number of ether oxygens (including phenoxy) is 2. The van der Waals surface area contributed by atoms with Gasteiger partial charge < -0.3 is 14.4 Å². The van der Waals surface area contributed by atoms with Crippen LogP contribution in [-0.4, -0.2) is 42.8 Å². The second-order valence-corrected chi connectivity index (χ2v) is 5.03. The quantitative estimate of drug-likeness (QED) is 0.660. The summed E-state index contributed by atoms with van der Waals surface area (Å²) in [7, 11) is 0. The number of rotatable bonds is 3. The van der Waals surface area contributed by atoms with Crippen LogP contribution in [0.1, 0.15) is 26.7 Å². The molecule has 0 bridgehead atoms. The van der Waals surface area contributed by atoms with Crippen molar-refractivity contribution in [2.45, 2.75) is 32.8 Å². The molecule has 1 atom stereocenters. The van der Waals surface area contributed by atoms with Crippen LogP contribution in [0.4, 0.5) is 0 Å². The van der Waals surface area contributed by atoms with Crippen molar-refractivity contribution in [3.8, 4) is 0 Å². The average Bonchev–Trinajstić information content (AvgIpc) is 2.71. The monoisotopic (exact) mass is 227 g/mol. The van der Waals surface area contributed by atoms with E-state index in [1.54, 1.807) is 4.90 Å². The van der Waals surface area contributed by atoms with Gasteiger partial charge in [-0.3, -0.25) is 4.79 Å². The molecule has 1 amide bonds. The number of hydrogen-bond donors (Lipinski definition) is 0. The highest BCUT2D eigenvalue weighted by molar-refractivity contribution is 5.79. The first kappa shape index (κ1) is 11.4. The van der Waals surface area contributed by atoms with Crippen LogP contribution in [0.5, 0.6) is 0 Å². The van der Waals surface area contributed by atoms with E-state index in [-0.39, 0.29) is 24.0 Å². The van der Waals surface area contributed by atoms with E-state index in [1.807, 2.05) is 13.8 Å². The van der Waals surface area contributed by atoms with E-state index in [4.69, 9.17) is 9.47 Å². The minimum Gasteiger partial charge on any atom is -0.463 e. The number of esters is 1. The van der Waals surface area contributed by atoms with Gasteiger partial charge in [-0.25, -0.2) is 4.79 Å². The Morgan fingerprint density at radius 1 is 1.50 bits per heavy atom. The van der Waals surface area contributed by atoms with Crippen molar-refractivity contribution in [3.63, 3.8) is 0 Å². The molecule has 0 N–H and O–H groups in total. The molecule has 2 aliphatic heterocycles. The molecule has 0 radical (unpaired) electrons. The number of likely N-dealkylation sites (tertiary alicyclic amines) is 1. The van der Waals surface area contributed by atoms with Crippen molar-refractivity contribution in [3.05, 3.63) is 0 Å². The molecule has 0 aromatic heterocycles. The first-order valence-corrected chi connectivity index (χ1v) is 5.57. The van der Waals surface area contributed by atoms with Gasteiger partial charge in [0.1, 0.15) is 6.73 Å². The van der Waals surface area contributed by atoms with Crippen LogP contribution in [0.15, 0.2) is 0 Å². The Hall–Kier alpha value is -1.10. The van der Waals surface area contributed by atoms with E-state index in [9.17, 15) is 9.59 Å². The molecule has 5 heteroatoms. The third kappa shape index (κ3) is 2.04. The van der Waals surface area contributed by atoms with Gasteiger partial charge in [0.05, 0.1) is 6.61 Å². The van der Waals surface area contributed by atoms with Crippen LogP contribution in [0.25, 0.3) is 0 Å². The van der Waals surface area contributed by atoms with E-state index in [0.717, 1.165) is 13.0 Å². The summed E-state index contributed by atoms with van der Waals surface area (Å²) in [4.78, 5) is 24.4. The van der Waals surface area contributed by atoms with Crippen molar-refractivity contribution in [2.24, 2.45) is 5.41 Å². The number of carbonyl (C=O) groups excluding carboxylic acids is 2. The topological polar surface area (TPSA) is 55.8 Å². The smallest absolute Gasteiger partial charge is 0.336 e. The number of nitrogens with zero attached hydrogens (tertiary/aromatic N) is 1. The summed E-state index contributed by atoms with van der Waals surface area (Å²) >= 11 is 0. The maximum atomic E-state index is 11.4. The van der Waals surface area contributed by atoms with E-state index in [0.29, 0.717) is 13.0 Å². The lowest BCUT2D eigenvalue weighted by Crippen LogP contribution is -2.38. The predicted octanol–water partition coefficient (Wildman–Crippen LogP) is 0.534. The molecular formula is C11H17NO4. The van der Waals surface area contributed by atoms with Crippen LogP contribution >= 0.6 is 0 Å². The minimum absolute atomic E-state index is 0.101. The van der Waals surface area contributed by atoms with Crippen LogP contribution in [-0.2, 0) is 19.1 Å². The fourth-order valence-electron chi connectivity index (χ4n) is 2.03. The van der Waals surface area contributed by atoms with E-state index in [2.05, 4.69) is 0 Å². The zero-order chi connectivity index (χ0) is 11.8. The summed E-state index contributed by atoms with van der Waals surface area (Å²) in [6, 6.07) is 0. The summed E-state index contributed by atoms with van der Waals surface area (Å²) in [6.07, 6.45) is 0.906. The predicted molar refractivity (Wildman–Crippen MR) is 55.4 cm³/mol. The van der Waals surface area contributed by atoms with Crippen molar-refractivity contribution in [2.75, 3.05) is 19.9 Å². The lowest BCUT2D eigenvalue weighted by atomic mass is 9.90. The zero-order valence-corrected chi connectivity index (χ0v) is 9.69. The second-order valence-electron chi connectivity index (χ2n) is 5.03. The Labute approximate surface area is 94.7 Å². The second kappa shape index (κ2) is 4.05. The minimum atomic E-state index is -0.555. The SMILES string of the molecule is CC1(C)COC(=O)[C@H]1OCN1CCCC1=O. The highest BCUT2D eigenvalue weighted by atomic mass is 16.6. The van der Waals surface area contributed by atoms with Gasteiger partial charge in [0, 0.05) is 18.4 Å². The lowest BCUT2D eigenvalue weighted by molar-refractivity contribution is -0.154. The molecule has 2 aliphatic rings. The molecule has 2 heterocycles. The Balaban J connectivity index is 1.89. The summed E-state index contributed by atoms with van der Waals surface area (Å²) < 4.78 is 10.5. The van der Waals surface area contributed by atoms with Gasteiger partial charge >= 0.3 is 5.97 Å². The summed E-state index contributed by atoms with van der Waals surface area (Å²) in [5.41, 5.74) is -0.306. The average molecular weight is 227 g/mol. The van der Waals surface area contributed by atoms with Crippen LogP contribution < -0.4 is 0 Å². The number of carbonyl (C=O) groups is 2. The van der Waals surface area contributed by atoms with Gasteiger partial charge in [-0.1, -0.05) is 13.8 Å². The normalized spacial score (nSPS) is 28.6. The molecular weight excluding hydrogens is 210 g/mol. The molecule has 16 heavy (non-hydrogen) atoms. The number of cyclic esters (lactones) is 1. The molecule has 5 nitrogen and oxygen atoms in total. The third-order valence-electron chi connectivity index (χ3n) is 3.08. The molecule has 0 unspecified atom stereocenters. The highest BCUT2D eigenvalue weighted by Crippen LogP contribution is 2.31. The molecule has 0 spiro atoms. The summed E-state index contributed by atoms with van der Waals surface area (Å²) in [5, 5.41) is 0. The maximum absolute atomic E-state index is 11.4. The van der Waals surface area contributed by atoms with E-state index >= 15 is 0 Å². The van der Waals surface area contributed by atoms with Gasteiger partial charge in [-0.15, -0.1) is 0 Å². The van der Waals surface area contributed by atoms with Crippen LogP contribution in [0.3, 0.4) is 0 Å². The Bertz CT molecular complexity index is 313. The van der Waals surface area contributed by atoms with E-state index < -0.39 is 6.10 Å². The van der Waals surface area contributed by atoms with Gasteiger partial charge in [0.15, 0.2) is 6.10 Å². The van der Waals surface area contributed by atoms with Gasteiger partial charge in [0.2, 0.25) is 5.91 Å². The highest BCUT2D eigenvalue weighted by Gasteiger charge is 2.45. The zero-order valence-electron chi connectivity index (χ0n) is 9.69. The van der Waals surface area contributed by atoms with Gasteiger partial charge in [0.25, 0.3) is 0 Å². The largest absolute Gasteiger partial charge is 0.463 e. The molecule has 2 fully saturated rings. The van der Waals surface area contributed by atoms with Gasteiger partial charge in [-0.2, -0.15) is 0 Å². The Kier molecular flexibility index (Phi) is 2.88. The molecule has 2 rings (SSSR count). The van der Waals surface area contributed by atoms with Crippen LogP contribution in [0, 0.1) is 5.41 Å². The van der Waals surface area contributed by atoms with Crippen molar-refractivity contribution >= 4 is 11.9 Å².